The molecule has 1 N–H and O–H groups in total. The van der Waals surface area contributed by atoms with Gasteiger partial charge in [0.15, 0.2) is 0 Å². The van der Waals surface area contributed by atoms with Crippen LogP contribution in [0.5, 0.6) is 0 Å². The van der Waals surface area contributed by atoms with Gasteiger partial charge in [-0.05, 0) is 0 Å². The van der Waals surface area contributed by atoms with Crippen LogP contribution in [-0.2, 0) is 14.3 Å². The Morgan fingerprint density at radius 3 is 3.00 bits per heavy atom. The summed E-state index contributed by atoms with van der Waals surface area (Å²) in [7, 11) is 1.54. The number of fused-ring (bicyclic) bond motifs is 1. The van der Waals surface area contributed by atoms with Crippen molar-refractivity contribution in [1.29, 1.82) is 0 Å². The molecular weight excluding hydrogens is 218 g/mol. The molecule has 2 aliphatic heterocycles. The van der Waals surface area contributed by atoms with Crippen LogP contribution >= 0.6 is 11.4 Å². The average Bonchev–Trinajstić information content (AvgIpc) is 2.18. The number of rotatable bonds is 3. The number of nitrogens with zero attached hydrogens (tertiary/aromatic N) is 1. The van der Waals surface area contributed by atoms with Crippen LogP contribution in [0.4, 0.5) is 0 Å². The summed E-state index contributed by atoms with van der Waals surface area (Å²) in [6, 6.07) is 0. The van der Waals surface area contributed by atoms with Crippen molar-refractivity contribution in [2.24, 2.45) is 5.92 Å². The summed E-state index contributed by atoms with van der Waals surface area (Å²) in [4.78, 5) is 24.4. The third kappa shape index (κ3) is 1.79. The lowest BCUT2D eigenvalue weighted by atomic mass is 10.0. The van der Waals surface area contributed by atoms with Gasteiger partial charge in [-0.15, -0.1) is 0 Å². The minimum atomic E-state index is -0.863. The first-order valence-electron chi connectivity index (χ1n) is 4.73. The van der Waals surface area contributed by atoms with E-state index in [1.54, 1.807) is 12.0 Å². The molecule has 0 bridgehead atoms. The van der Waals surface area contributed by atoms with Gasteiger partial charge in [-0.2, -0.15) is 11.4 Å². The van der Waals surface area contributed by atoms with E-state index < -0.39 is 5.97 Å². The largest absolute Gasteiger partial charge is 0.478 e. The fourth-order valence-corrected chi connectivity index (χ4v) is 3.34. The van der Waals surface area contributed by atoms with E-state index in [0.29, 0.717) is 24.4 Å². The van der Waals surface area contributed by atoms with Crippen molar-refractivity contribution in [1.82, 2.24) is 4.90 Å². The molecule has 0 saturated carbocycles. The molecule has 0 aromatic carbocycles. The predicted molar refractivity (Wildman–Crippen MR) is 57.1 cm³/mol. The third-order valence-electron chi connectivity index (χ3n) is 2.72. The maximum Gasteiger partial charge on any atom is 0.337 e. The first-order chi connectivity index (χ1) is 7.13. The van der Waals surface area contributed by atoms with E-state index in [4.69, 9.17) is 9.84 Å². The molecule has 0 aromatic heterocycles. The molecule has 0 radical (unpaired) electrons. The molecule has 2 heterocycles. The number of carbonyl (C=O) groups excluding carboxylic acids is 1. The van der Waals surface area contributed by atoms with Crippen molar-refractivity contribution in [2.45, 2.75) is 11.8 Å². The monoisotopic (exact) mass is 231 g/mol. The molecule has 1 fully saturated rings. The van der Waals surface area contributed by atoms with Crippen molar-refractivity contribution in [3.8, 4) is 0 Å². The molecule has 1 saturated heterocycles. The van der Waals surface area contributed by atoms with Crippen molar-refractivity contribution in [3.05, 3.63) is 0 Å². The van der Waals surface area contributed by atoms with E-state index in [2.05, 4.69) is 0 Å². The summed E-state index contributed by atoms with van der Waals surface area (Å²) in [5, 5.41) is 9.12. The Morgan fingerprint density at radius 1 is 1.73 bits per heavy atom. The second-order valence-corrected chi connectivity index (χ2v) is 5.04. The van der Waals surface area contributed by atoms with Crippen LogP contribution in [0.3, 0.4) is 0 Å². The standard InChI is InChI=1S/C9H13NO4S/c1-14-4-5-3-10-6(11)2-7(10)15-8(5)9(12)13/h5,7,15H,2-4H2,1H3,(H,12,13). The molecule has 1 amide bonds. The van der Waals surface area contributed by atoms with Crippen LogP contribution < -0.4 is 0 Å². The molecule has 2 atom stereocenters. The summed E-state index contributed by atoms with van der Waals surface area (Å²) < 4.78 is 4.98. The highest BCUT2D eigenvalue weighted by Gasteiger charge is 2.41. The average molecular weight is 231 g/mol. The van der Waals surface area contributed by atoms with E-state index in [1.807, 2.05) is 0 Å². The van der Waals surface area contributed by atoms with Gasteiger partial charge in [0.2, 0.25) is 5.91 Å². The van der Waals surface area contributed by atoms with E-state index in [-0.39, 0.29) is 17.2 Å². The number of carbonyl (C=O) groups is 2. The topological polar surface area (TPSA) is 66.8 Å². The van der Waals surface area contributed by atoms with Gasteiger partial charge in [0.25, 0.3) is 0 Å². The number of carboxylic acid groups (broad SMARTS) is 1. The molecule has 84 valence electrons. The van der Waals surface area contributed by atoms with Crippen LogP contribution in [0.15, 0.2) is 0 Å². The molecule has 2 aliphatic rings. The Balaban J connectivity index is 2.18. The first kappa shape index (κ1) is 10.6. The van der Waals surface area contributed by atoms with Crippen molar-refractivity contribution < 1.29 is 19.4 Å². The van der Waals surface area contributed by atoms with Crippen molar-refractivity contribution in [3.63, 3.8) is 0 Å². The predicted octanol–water partition coefficient (Wildman–Crippen LogP) is -0.457. The van der Waals surface area contributed by atoms with Crippen molar-refractivity contribution in [2.75, 3.05) is 20.3 Å². The minimum absolute atomic E-state index is 0.0942. The number of β-lactam (4-membered cyclic amide) rings is 1. The van der Waals surface area contributed by atoms with Crippen LogP contribution in [0, 0.1) is 5.92 Å². The zero-order valence-corrected chi connectivity index (χ0v) is 9.24. The van der Waals surface area contributed by atoms with Gasteiger partial charge in [-0.3, -0.25) is 4.79 Å². The number of ether oxygens (including phenoxy) is 1. The summed E-state index contributed by atoms with van der Waals surface area (Å²) >= 11 is 0.758. The van der Waals surface area contributed by atoms with Gasteiger partial charge in [0, 0.05) is 19.6 Å². The van der Waals surface area contributed by atoms with Crippen LogP contribution in [-0.4, -0.2) is 52.4 Å². The van der Waals surface area contributed by atoms with Gasteiger partial charge in [-0.1, -0.05) is 0 Å². The highest BCUT2D eigenvalue weighted by Crippen LogP contribution is 2.32. The molecule has 15 heavy (non-hydrogen) atoms. The second kappa shape index (κ2) is 3.94. The number of carboxylic acids is 1. The normalized spacial score (nSPS) is 29.8. The molecule has 5 nitrogen and oxygen atoms in total. The van der Waals surface area contributed by atoms with E-state index in [0.717, 1.165) is 11.4 Å². The van der Waals surface area contributed by atoms with Gasteiger partial charge < -0.3 is 14.7 Å². The van der Waals surface area contributed by atoms with Gasteiger partial charge in [-0.25, -0.2) is 4.79 Å². The highest BCUT2D eigenvalue weighted by atomic mass is 32.1. The minimum Gasteiger partial charge on any atom is -0.478 e. The maximum absolute atomic E-state index is 11.2. The molecular formula is C9H13NO4S. The van der Waals surface area contributed by atoms with E-state index in [9.17, 15) is 9.59 Å². The molecule has 0 aromatic rings. The molecule has 0 spiro atoms. The Labute approximate surface area is 91.0 Å². The highest BCUT2D eigenvalue weighted by molar-refractivity contribution is 8.00. The quantitative estimate of drug-likeness (QED) is 0.392. The van der Waals surface area contributed by atoms with Gasteiger partial charge in [0.05, 0.1) is 23.3 Å². The van der Waals surface area contributed by atoms with Gasteiger partial charge >= 0.3 is 5.97 Å². The summed E-state index contributed by atoms with van der Waals surface area (Å²) in [5.41, 5.74) is 0. The van der Waals surface area contributed by atoms with Crippen LogP contribution in [0.25, 0.3) is 0 Å². The fourth-order valence-electron chi connectivity index (χ4n) is 1.93. The number of methoxy groups -OCH3 is 1. The zero-order chi connectivity index (χ0) is 11.0. The SMILES string of the molecule is COCC1CN2C(=O)CC2[SH]=C1C(=O)O. The second-order valence-electron chi connectivity index (χ2n) is 3.70. The lowest BCUT2D eigenvalue weighted by Gasteiger charge is -2.44. The summed E-state index contributed by atoms with van der Waals surface area (Å²) in [6.07, 6.45) is 0.484. The van der Waals surface area contributed by atoms with Crippen molar-refractivity contribution >= 4 is 28.1 Å². The first-order valence-corrected chi connectivity index (χ1v) is 5.69. The number of hydrogen-bond acceptors (Lipinski definition) is 3. The maximum atomic E-state index is 11.2. The Kier molecular flexibility index (Phi) is 2.79. The number of hydrogen-bond donors (Lipinski definition) is 2. The Morgan fingerprint density at radius 2 is 2.47 bits per heavy atom. The fraction of sp³-hybridized carbons (Fsp3) is 0.667. The molecule has 2 unspecified atom stereocenters. The van der Waals surface area contributed by atoms with E-state index in [1.165, 1.54) is 0 Å². The Hall–Kier alpha value is -0.880. The van der Waals surface area contributed by atoms with Crippen LogP contribution in [0.2, 0.25) is 0 Å². The molecule has 6 heteroatoms. The van der Waals surface area contributed by atoms with E-state index >= 15 is 0 Å². The number of thiol groups is 1. The Bertz CT molecular complexity index is 341. The lowest BCUT2D eigenvalue weighted by molar-refractivity contribution is -0.142. The van der Waals surface area contributed by atoms with Crippen LogP contribution in [0.1, 0.15) is 6.42 Å². The third-order valence-corrected chi connectivity index (χ3v) is 4.31. The summed E-state index contributed by atoms with van der Waals surface area (Å²) in [5.74, 6) is -0.898. The molecule has 0 aliphatic carbocycles. The summed E-state index contributed by atoms with van der Waals surface area (Å²) in [6.45, 7) is 0.858. The number of aliphatic carboxylic acids is 1. The molecule has 2 rings (SSSR count). The number of amides is 1. The van der Waals surface area contributed by atoms with Gasteiger partial charge in [0.1, 0.15) is 0 Å². The smallest absolute Gasteiger partial charge is 0.337 e. The lowest BCUT2D eigenvalue weighted by Crippen LogP contribution is -2.57. The zero-order valence-electron chi connectivity index (χ0n) is 8.34.